The summed E-state index contributed by atoms with van der Waals surface area (Å²) in [6.07, 6.45) is 1.48. The highest BCUT2D eigenvalue weighted by molar-refractivity contribution is 5.92. The van der Waals surface area contributed by atoms with Crippen molar-refractivity contribution in [2.24, 2.45) is 5.11 Å². The Morgan fingerprint density at radius 2 is 2.45 bits per heavy atom. The molecule has 0 aromatic carbocycles. The van der Waals surface area contributed by atoms with E-state index in [4.69, 9.17) is 5.53 Å². The van der Waals surface area contributed by atoms with Gasteiger partial charge < -0.3 is 0 Å². The molecule has 0 aliphatic rings. The lowest BCUT2D eigenvalue weighted by molar-refractivity contribution is 0.0987. The van der Waals surface area contributed by atoms with Crippen LogP contribution in [-0.2, 0) is 0 Å². The summed E-state index contributed by atoms with van der Waals surface area (Å²) in [5.74, 6) is -0.597. The van der Waals surface area contributed by atoms with Gasteiger partial charge in [0.25, 0.3) is 0 Å². The zero-order chi connectivity index (χ0) is 8.10. The van der Waals surface area contributed by atoms with E-state index in [9.17, 15) is 4.79 Å². The van der Waals surface area contributed by atoms with Crippen molar-refractivity contribution in [3.05, 3.63) is 30.1 Å². The average molecular weight is 149 g/mol. The largest absolute Gasteiger partial charge is 0.378 e. The third-order valence-electron chi connectivity index (χ3n) is 1.02. The highest BCUT2D eigenvalue weighted by Gasteiger charge is 2.08. The average Bonchev–Trinajstić information content (AvgIpc) is 2.07. The van der Waals surface area contributed by atoms with Crippen LogP contribution in [-0.4, -0.2) is 10.9 Å². The Morgan fingerprint density at radius 3 is 3.00 bits per heavy atom. The van der Waals surface area contributed by atoms with Crippen LogP contribution in [0.15, 0.2) is 29.5 Å². The number of amides is 1. The lowest BCUT2D eigenvalue weighted by Gasteiger charge is -1.84. The van der Waals surface area contributed by atoms with Crippen LogP contribution in [0.25, 0.3) is 0 Å². The van der Waals surface area contributed by atoms with Gasteiger partial charge in [-0.1, -0.05) is 6.07 Å². The molecule has 0 fully saturated rings. The summed E-state index contributed by atoms with van der Waals surface area (Å²) in [4.78, 5) is 17.1. The van der Waals surface area contributed by atoms with E-state index in [2.05, 4.69) is 15.0 Å². The van der Waals surface area contributed by atoms with E-state index in [-0.39, 0.29) is 5.69 Å². The van der Waals surface area contributed by atoms with Crippen LogP contribution in [0.4, 0.5) is 0 Å². The highest BCUT2D eigenvalue weighted by atomic mass is 16.1. The fourth-order valence-corrected chi connectivity index (χ4v) is 0.586. The van der Waals surface area contributed by atoms with E-state index >= 15 is 0 Å². The summed E-state index contributed by atoms with van der Waals surface area (Å²) in [7, 11) is 0. The molecule has 54 valence electrons. The van der Waals surface area contributed by atoms with E-state index < -0.39 is 5.91 Å². The van der Waals surface area contributed by atoms with Crippen molar-refractivity contribution >= 4 is 5.91 Å². The maximum absolute atomic E-state index is 10.8. The Balaban J connectivity index is 2.94. The Morgan fingerprint density at radius 1 is 1.64 bits per heavy atom. The van der Waals surface area contributed by atoms with Gasteiger partial charge in [-0.15, -0.1) is 0 Å². The summed E-state index contributed by atoms with van der Waals surface area (Å²) in [6, 6.07) is 4.87. The Bertz CT molecular complexity index is 302. The highest BCUT2D eigenvalue weighted by Crippen LogP contribution is 1.94. The standard InChI is InChI=1S/C6H5N4O/c7-10-9-6(11)5-3-1-2-4-8-5/h1-4,7H/q+1. The van der Waals surface area contributed by atoms with Gasteiger partial charge in [0.2, 0.25) is 10.0 Å². The topological polar surface area (TPSA) is 80.3 Å². The van der Waals surface area contributed by atoms with E-state index in [1.54, 1.807) is 12.1 Å². The first kappa shape index (κ1) is 7.24. The molecule has 5 nitrogen and oxygen atoms in total. The van der Waals surface area contributed by atoms with E-state index in [1.165, 1.54) is 12.3 Å². The minimum absolute atomic E-state index is 0.198. The van der Waals surface area contributed by atoms with Crippen molar-refractivity contribution in [1.82, 2.24) is 9.90 Å². The number of hydrogen-bond acceptors (Lipinski definition) is 3. The molecule has 0 unspecified atom stereocenters. The molecule has 1 heterocycles. The predicted molar refractivity (Wildman–Crippen MR) is 35.8 cm³/mol. The number of carbonyl (C=O) groups is 1. The van der Waals surface area contributed by atoms with Gasteiger partial charge in [0.15, 0.2) is 0 Å². The van der Waals surface area contributed by atoms with Crippen LogP contribution < -0.4 is 4.91 Å². The summed E-state index contributed by atoms with van der Waals surface area (Å²) >= 11 is 0. The molecule has 0 aliphatic carbocycles. The van der Waals surface area contributed by atoms with E-state index in [1.807, 2.05) is 0 Å². The first-order valence-electron chi connectivity index (χ1n) is 2.87. The smallest absolute Gasteiger partial charge is 0.257 e. The van der Waals surface area contributed by atoms with Crippen LogP contribution in [0.2, 0.25) is 0 Å². The minimum atomic E-state index is -0.597. The molecular formula is C6H5N4O+. The minimum Gasteiger partial charge on any atom is -0.257 e. The molecule has 1 aromatic heterocycles. The zero-order valence-corrected chi connectivity index (χ0v) is 5.56. The lowest BCUT2D eigenvalue weighted by Crippen LogP contribution is -1.96. The number of nitrogens with one attached hydrogen (secondary N) is 1. The van der Waals surface area contributed by atoms with Gasteiger partial charge in [-0.05, 0) is 12.1 Å². The normalized spacial score (nSPS) is 8.36. The summed E-state index contributed by atoms with van der Waals surface area (Å²) in [5.41, 5.74) is 6.49. The molecule has 1 N–H and O–H groups in total. The van der Waals surface area contributed by atoms with Crippen molar-refractivity contribution in [2.75, 3.05) is 0 Å². The lowest BCUT2D eigenvalue weighted by atomic mass is 10.3. The number of rotatable bonds is 1. The van der Waals surface area contributed by atoms with Crippen LogP contribution >= 0.6 is 0 Å². The number of carbonyl (C=O) groups excluding carboxylic acids is 1. The molecule has 11 heavy (non-hydrogen) atoms. The quantitative estimate of drug-likeness (QED) is 0.472. The Labute approximate surface area is 62.3 Å². The van der Waals surface area contributed by atoms with Crippen molar-refractivity contribution < 1.29 is 4.79 Å². The van der Waals surface area contributed by atoms with Gasteiger partial charge in [-0.3, -0.25) is 9.78 Å². The molecule has 0 saturated carbocycles. The van der Waals surface area contributed by atoms with E-state index in [0.717, 1.165) is 0 Å². The third-order valence-corrected chi connectivity index (χ3v) is 1.02. The summed E-state index contributed by atoms with van der Waals surface area (Å²) in [5, 5.41) is 2.99. The van der Waals surface area contributed by atoms with E-state index in [0.29, 0.717) is 0 Å². The molecule has 0 saturated heterocycles. The molecular weight excluding hydrogens is 144 g/mol. The molecule has 0 spiro atoms. The number of nitrogens with zero attached hydrogens (tertiary/aromatic N) is 3. The van der Waals surface area contributed by atoms with Gasteiger partial charge in [0.1, 0.15) is 11.2 Å². The maximum Gasteiger partial charge on any atom is 0.378 e. The second kappa shape index (κ2) is 3.34. The van der Waals surface area contributed by atoms with Crippen molar-refractivity contribution in [1.29, 1.82) is 5.53 Å². The second-order valence-corrected chi connectivity index (χ2v) is 1.72. The number of hydrogen-bond donors (Lipinski definition) is 1. The van der Waals surface area contributed by atoms with Crippen molar-refractivity contribution in [3.8, 4) is 0 Å². The van der Waals surface area contributed by atoms with Gasteiger partial charge in [-0.25, -0.2) is 0 Å². The first-order chi connectivity index (χ1) is 5.34. The molecule has 0 aliphatic heterocycles. The molecule has 0 radical (unpaired) electrons. The predicted octanol–water partition coefficient (Wildman–Crippen LogP) is 0.772. The second-order valence-electron chi connectivity index (χ2n) is 1.72. The van der Waals surface area contributed by atoms with Crippen LogP contribution in [0.3, 0.4) is 0 Å². The fraction of sp³-hybridized carbons (Fsp3) is 0. The number of pyridine rings is 1. The van der Waals surface area contributed by atoms with Crippen LogP contribution in [0.1, 0.15) is 10.5 Å². The zero-order valence-electron chi connectivity index (χ0n) is 5.56. The summed E-state index contributed by atoms with van der Waals surface area (Å²) in [6.45, 7) is 0. The third kappa shape index (κ3) is 1.77. The SMILES string of the molecule is N=[N+]=NC(=O)c1ccccn1. The van der Waals surface area contributed by atoms with Gasteiger partial charge in [-0.2, -0.15) is 0 Å². The Hall–Kier alpha value is -1.87. The van der Waals surface area contributed by atoms with Crippen molar-refractivity contribution in [3.63, 3.8) is 0 Å². The molecule has 1 aromatic rings. The number of aromatic nitrogens is 1. The van der Waals surface area contributed by atoms with Gasteiger partial charge in [0, 0.05) is 6.20 Å². The monoisotopic (exact) mass is 149 g/mol. The molecule has 0 bridgehead atoms. The van der Waals surface area contributed by atoms with Gasteiger partial charge >= 0.3 is 5.91 Å². The fourth-order valence-electron chi connectivity index (χ4n) is 0.586. The molecule has 1 rings (SSSR count). The molecule has 5 heteroatoms. The maximum atomic E-state index is 10.8. The van der Waals surface area contributed by atoms with Crippen molar-refractivity contribution in [2.45, 2.75) is 0 Å². The van der Waals surface area contributed by atoms with Gasteiger partial charge in [0.05, 0.1) is 0 Å². The summed E-state index contributed by atoms with van der Waals surface area (Å²) < 4.78 is 0. The molecule has 1 amide bonds. The first-order valence-corrected chi connectivity index (χ1v) is 2.87. The van der Waals surface area contributed by atoms with Crippen LogP contribution in [0, 0.1) is 5.53 Å². The van der Waals surface area contributed by atoms with Crippen LogP contribution in [0.5, 0.6) is 0 Å². The molecule has 0 atom stereocenters. The Kier molecular flexibility index (Phi) is 2.20.